The molecule has 0 bridgehead atoms. The highest BCUT2D eigenvalue weighted by atomic mass is 16.7. The zero-order valence-corrected chi connectivity index (χ0v) is 14.2. The molecular weight excluding hydrogens is 345 g/mol. The van der Waals surface area contributed by atoms with Crippen LogP contribution in [0.25, 0.3) is 0 Å². The molecule has 4 rings (SSSR count). The molecule has 1 aliphatic rings. The first-order valence-corrected chi connectivity index (χ1v) is 8.42. The Hall–Kier alpha value is -2.87. The van der Waals surface area contributed by atoms with E-state index in [0.717, 1.165) is 16.4 Å². The van der Waals surface area contributed by atoms with E-state index in [9.17, 15) is 15.3 Å². The minimum absolute atomic E-state index is 0.149. The molecule has 0 unspecified atom stereocenters. The Labute approximate surface area is 157 Å². The maximum Gasteiger partial charge on any atom is 0.467 e. The van der Waals surface area contributed by atoms with Crippen molar-refractivity contribution in [3.05, 3.63) is 72.8 Å². The van der Waals surface area contributed by atoms with Gasteiger partial charge in [-0.3, -0.25) is 0 Å². The van der Waals surface area contributed by atoms with E-state index < -0.39 is 21.4 Å². The van der Waals surface area contributed by atoms with E-state index in [4.69, 9.17) is 13.7 Å². The van der Waals surface area contributed by atoms with Crippen molar-refractivity contribution in [2.75, 3.05) is 0 Å². The first kappa shape index (κ1) is 17.5. The van der Waals surface area contributed by atoms with Crippen LogP contribution in [0.15, 0.2) is 72.8 Å². The van der Waals surface area contributed by atoms with Gasteiger partial charge in [0.25, 0.3) is 0 Å². The maximum absolute atomic E-state index is 9.51. The van der Waals surface area contributed by atoms with Gasteiger partial charge in [0.15, 0.2) is 0 Å². The summed E-state index contributed by atoms with van der Waals surface area (Å²) in [5.41, 5.74) is 2.18. The summed E-state index contributed by atoms with van der Waals surface area (Å²) in [5, 5.41) is 28.5. The number of hydrogen-bond acceptors (Lipinski definition) is 6. The van der Waals surface area contributed by atoms with Crippen molar-refractivity contribution < 1.29 is 29.0 Å². The second-order valence-electron chi connectivity index (χ2n) is 6.18. The lowest BCUT2D eigenvalue weighted by molar-refractivity contribution is 0.308. The lowest BCUT2D eigenvalue weighted by Gasteiger charge is -2.31. The van der Waals surface area contributed by atoms with Crippen LogP contribution in [0.2, 0.25) is 0 Å². The van der Waals surface area contributed by atoms with Crippen molar-refractivity contribution in [3.8, 4) is 17.2 Å². The molecule has 9 heteroatoms. The molecule has 3 N–H and O–H groups in total. The van der Waals surface area contributed by atoms with E-state index in [1.807, 2.05) is 0 Å². The van der Waals surface area contributed by atoms with E-state index in [2.05, 4.69) is 0 Å². The first-order valence-electron chi connectivity index (χ1n) is 8.42. The third kappa shape index (κ3) is 3.95. The van der Waals surface area contributed by atoms with Crippen LogP contribution < -0.4 is 16.4 Å². The van der Waals surface area contributed by atoms with Crippen molar-refractivity contribution in [2.45, 2.75) is 0 Å². The van der Waals surface area contributed by atoms with E-state index >= 15 is 0 Å². The lowest BCUT2D eigenvalue weighted by atomic mass is 9.61. The van der Waals surface area contributed by atoms with Crippen LogP contribution in [0, 0.1) is 0 Å². The average molecular weight is 360 g/mol. The van der Waals surface area contributed by atoms with Crippen LogP contribution in [-0.4, -0.2) is 36.7 Å². The van der Waals surface area contributed by atoms with Gasteiger partial charge in [-0.05, 0) is 52.8 Å². The van der Waals surface area contributed by atoms with Gasteiger partial charge >= 0.3 is 21.4 Å². The van der Waals surface area contributed by atoms with Gasteiger partial charge in [0.1, 0.15) is 17.2 Å². The van der Waals surface area contributed by atoms with Gasteiger partial charge in [-0.1, -0.05) is 36.4 Å². The largest absolute Gasteiger partial charge is 0.508 e. The highest BCUT2D eigenvalue weighted by molar-refractivity contribution is 6.87. The summed E-state index contributed by atoms with van der Waals surface area (Å²) in [6.07, 6.45) is 0. The predicted octanol–water partition coefficient (Wildman–Crippen LogP) is 0.353. The third-order valence-electron chi connectivity index (χ3n) is 4.24. The molecule has 0 amide bonds. The average Bonchev–Trinajstić information content (AvgIpc) is 2.69. The van der Waals surface area contributed by atoms with Gasteiger partial charge in [-0.2, -0.15) is 0 Å². The van der Waals surface area contributed by atoms with Gasteiger partial charge in [0.2, 0.25) is 0 Å². The number of rotatable bonds is 3. The van der Waals surface area contributed by atoms with Gasteiger partial charge in [0, 0.05) is 0 Å². The molecule has 3 aromatic rings. The molecule has 132 valence electrons. The first-order chi connectivity index (χ1) is 13.1. The minimum atomic E-state index is -0.725. The fourth-order valence-electron chi connectivity index (χ4n) is 2.80. The summed E-state index contributed by atoms with van der Waals surface area (Å²) in [6, 6.07) is 19.6. The summed E-state index contributed by atoms with van der Waals surface area (Å²) in [5.74, 6) is 0.447. The van der Waals surface area contributed by atoms with Crippen LogP contribution >= 0.6 is 0 Å². The normalized spacial score (nSPS) is 14.4. The second kappa shape index (κ2) is 7.40. The summed E-state index contributed by atoms with van der Waals surface area (Å²) >= 11 is 0. The number of benzene rings is 3. The predicted molar refractivity (Wildman–Crippen MR) is 104 cm³/mol. The van der Waals surface area contributed by atoms with Crippen molar-refractivity contribution in [1.82, 2.24) is 0 Å². The third-order valence-corrected chi connectivity index (χ3v) is 4.24. The Morgan fingerprint density at radius 1 is 0.407 bits per heavy atom. The molecule has 1 aliphatic heterocycles. The van der Waals surface area contributed by atoms with Crippen LogP contribution in [0.3, 0.4) is 0 Å². The summed E-state index contributed by atoms with van der Waals surface area (Å²) in [6.45, 7) is 0. The van der Waals surface area contributed by atoms with Crippen LogP contribution in [0.5, 0.6) is 17.2 Å². The molecular formula is C18H15B3O6. The Morgan fingerprint density at radius 2 is 0.630 bits per heavy atom. The fraction of sp³-hybridized carbons (Fsp3) is 0. The zero-order valence-electron chi connectivity index (χ0n) is 14.2. The van der Waals surface area contributed by atoms with E-state index in [0.29, 0.717) is 0 Å². The van der Waals surface area contributed by atoms with Crippen molar-refractivity contribution >= 4 is 37.7 Å². The molecule has 0 atom stereocenters. The van der Waals surface area contributed by atoms with Gasteiger partial charge in [-0.25, -0.2) is 0 Å². The zero-order chi connectivity index (χ0) is 18.8. The Morgan fingerprint density at radius 3 is 0.852 bits per heavy atom. The van der Waals surface area contributed by atoms with E-state index in [1.165, 1.54) is 0 Å². The van der Waals surface area contributed by atoms with Crippen molar-refractivity contribution in [1.29, 1.82) is 0 Å². The van der Waals surface area contributed by atoms with Gasteiger partial charge in [-0.15, -0.1) is 0 Å². The molecule has 0 saturated carbocycles. The quantitative estimate of drug-likeness (QED) is 0.585. The molecule has 1 fully saturated rings. The smallest absolute Gasteiger partial charge is 0.467 e. The second-order valence-corrected chi connectivity index (χ2v) is 6.18. The Bertz CT molecular complexity index is 773. The molecule has 6 nitrogen and oxygen atoms in total. The summed E-state index contributed by atoms with van der Waals surface area (Å²) in [7, 11) is -2.18. The van der Waals surface area contributed by atoms with Crippen molar-refractivity contribution in [3.63, 3.8) is 0 Å². The summed E-state index contributed by atoms with van der Waals surface area (Å²) in [4.78, 5) is 0. The van der Waals surface area contributed by atoms with E-state index in [-0.39, 0.29) is 17.2 Å². The molecule has 1 saturated heterocycles. The monoisotopic (exact) mass is 360 g/mol. The molecule has 3 aromatic carbocycles. The Balaban J connectivity index is 1.66. The molecule has 0 spiro atoms. The lowest BCUT2D eigenvalue weighted by Crippen LogP contribution is -2.61. The number of aromatic hydroxyl groups is 3. The SMILES string of the molecule is Oc1ccc(B2OB(c3ccc(O)cc3)OB(c3ccc(O)cc3)O2)cc1. The maximum atomic E-state index is 9.51. The topological polar surface area (TPSA) is 88.4 Å². The van der Waals surface area contributed by atoms with Crippen molar-refractivity contribution in [2.24, 2.45) is 0 Å². The highest BCUT2D eigenvalue weighted by Gasteiger charge is 2.43. The molecule has 27 heavy (non-hydrogen) atoms. The van der Waals surface area contributed by atoms with Gasteiger partial charge < -0.3 is 29.0 Å². The number of phenols is 3. The number of hydrogen-bond donors (Lipinski definition) is 3. The number of phenolic OH excluding ortho intramolecular Hbond substituents is 3. The Kier molecular flexibility index (Phi) is 4.81. The molecule has 1 heterocycles. The van der Waals surface area contributed by atoms with Crippen LogP contribution in [0.1, 0.15) is 0 Å². The molecule has 0 radical (unpaired) electrons. The highest BCUT2D eigenvalue weighted by Crippen LogP contribution is 2.14. The van der Waals surface area contributed by atoms with Crippen LogP contribution in [-0.2, 0) is 13.7 Å². The molecule has 0 aliphatic carbocycles. The van der Waals surface area contributed by atoms with Crippen LogP contribution in [0.4, 0.5) is 0 Å². The summed E-state index contributed by atoms with van der Waals surface area (Å²) < 4.78 is 17.9. The minimum Gasteiger partial charge on any atom is -0.508 e. The molecule has 0 aromatic heterocycles. The fourth-order valence-corrected chi connectivity index (χ4v) is 2.80. The van der Waals surface area contributed by atoms with Gasteiger partial charge in [0.05, 0.1) is 0 Å². The standard InChI is InChI=1S/C18H15B3O6/c22-16-7-1-13(2-8-16)19-25-20(14-3-9-17(23)10-4-14)27-21(26-19)15-5-11-18(24)12-6-15/h1-12,22-24H. The van der Waals surface area contributed by atoms with E-state index in [1.54, 1.807) is 72.8 Å².